The van der Waals surface area contributed by atoms with Crippen molar-refractivity contribution < 1.29 is 8.42 Å². The number of hydrazine groups is 1. The molecule has 0 spiro atoms. The fraction of sp³-hybridized carbons (Fsp3) is 0.286. The van der Waals surface area contributed by atoms with Crippen LogP contribution in [0, 0.1) is 0 Å². The van der Waals surface area contributed by atoms with Gasteiger partial charge in [0.05, 0.1) is 0 Å². The molecule has 7 heteroatoms. The zero-order chi connectivity index (χ0) is 10.8. The van der Waals surface area contributed by atoms with Crippen LogP contribution in [0.15, 0.2) is 23.2 Å². The van der Waals surface area contributed by atoms with Gasteiger partial charge in [-0.15, -0.1) is 4.83 Å². The number of hydrogen-bond acceptors (Lipinski definition) is 5. The second-order valence-electron chi connectivity index (χ2n) is 2.88. The van der Waals surface area contributed by atoms with Gasteiger partial charge in [-0.05, 0) is 12.1 Å². The van der Waals surface area contributed by atoms with E-state index < -0.39 is 10.0 Å². The minimum atomic E-state index is -3.60. The van der Waals surface area contributed by atoms with Gasteiger partial charge < -0.3 is 5.73 Å². The molecular weight excluding hydrogens is 204 g/mol. The molecule has 0 bridgehead atoms. The topological polar surface area (TPSA) is 88.3 Å². The number of nitrogens with two attached hydrogens (primary N) is 1. The van der Waals surface area contributed by atoms with E-state index >= 15 is 0 Å². The lowest BCUT2D eigenvalue weighted by Crippen LogP contribution is -2.36. The van der Waals surface area contributed by atoms with E-state index in [0.717, 1.165) is 0 Å². The third-order valence-electron chi connectivity index (χ3n) is 1.39. The molecule has 1 aromatic rings. The van der Waals surface area contributed by atoms with E-state index in [4.69, 9.17) is 5.73 Å². The lowest BCUT2D eigenvalue weighted by atomic mass is 10.5. The van der Waals surface area contributed by atoms with Gasteiger partial charge in [-0.2, -0.15) is 0 Å². The summed E-state index contributed by atoms with van der Waals surface area (Å²) in [5.74, 6) is -0.0122. The fourth-order valence-electron chi connectivity index (χ4n) is 0.920. The maximum absolute atomic E-state index is 11.6. The number of nitrogen functional groups attached to an aromatic ring is 1. The van der Waals surface area contributed by atoms with Gasteiger partial charge in [-0.25, -0.2) is 18.4 Å². The summed E-state index contributed by atoms with van der Waals surface area (Å²) in [4.78, 5) is 5.93. The first-order valence-corrected chi connectivity index (χ1v) is 5.32. The van der Waals surface area contributed by atoms with E-state index in [-0.39, 0.29) is 10.7 Å². The summed E-state index contributed by atoms with van der Waals surface area (Å²) >= 11 is 0. The van der Waals surface area contributed by atoms with Crippen LogP contribution in [0.3, 0.4) is 0 Å². The molecule has 0 aliphatic rings. The molecule has 0 fully saturated rings. The number of pyridine rings is 1. The standard InChI is InChI=1S/C7H12N4O2S/c1-11(2)10-14(12,13)6-4-3-5-9-7(6)8/h3-5,10H,1-2H3,(H2,8,9). The largest absolute Gasteiger partial charge is 0.383 e. The minimum Gasteiger partial charge on any atom is -0.383 e. The van der Waals surface area contributed by atoms with Gasteiger partial charge in [-0.1, -0.05) is 0 Å². The predicted octanol–water partition coefficient (Wildman–Crippen LogP) is -0.581. The zero-order valence-electron chi connectivity index (χ0n) is 7.93. The van der Waals surface area contributed by atoms with Crippen LogP contribution in [0.2, 0.25) is 0 Å². The minimum absolute atomic E-state index is 0.0122. The molecule has 0 aliphatic heterocycles. The Kier molecular flexibility index (Phi) is 3.04. The van der Waals surface area contributed by atoms with E-state index in [0.29, 0.717) is 0 Å². The second-order valence-corrected chi connectivity index (χ2v) is 4.51. The first-order valence-electron chi connectivity index (χ1n) is 3.84. The predicted molar refractivity (Wildman–Crippen MR) is 52.7 cm³/mol. The Morgan fingerprint density at radius 3 is 2.64 bits per heavy atom. The normalized spacial score (nSPS) is 11.9. The maximum atomic E-state index is 11.6. The number of aromatic nitrogens is 1. The second kappa shape index (κ2) is 3.91. The van der Waals surface area contributed by atoms with Crippen LogP contribution in [0.5, 0.6) is 0 Å². The Bertz CT molecular complexity index is 415. The van der Waals surface area contributed by atoms with Crippen molar-refractivity contribution in [3.05, 3.63) is 18.3 Å². The van der Waals surface area contributed by atoms with Crippen molar-refractivity contribution in [1.82, 2.24) is 14.8 Å². The summed E-state index contributed by atoms with van der Waals surface area (Å²) in [6, 6.07) is 2.91. The Morgan fingerprint density at radius 2 is 2.14 bits per heavy atom. The highest BCUT2D eigenvalue weighted by atomic mass is 32.2. The van der Waals surface area contributed by atoms with E-state index in [9.17, 15) is 8.42 Å². The molecule has 14 heavy (non-hydrogen) atoms. The summed E-state index contributed by atoms with van der Waals surface area (Å²) in [5.41, 5.74) is 5.43. The first kappa shape index (κ1) is 10.9. The van der Waals surface area contributed by atoms with Gasteiger partial charge in [0.2, 0.25) is 0 Å². The Morgan fingerprint density at radius 1 is 1.50 bits per heavy atom. The Balaban J connectivity index is 3.11. The molecule has 0 aromatic carbocycles. The summed E-state index contributed by atoms with van der Waals surface area (Å²) in [6.07, 6.45) is 1.43. The van der Waals surface area contributed by atoms with Crippen molar-refractivity contribution in [2.24, 2.45) is 0 Å². The average Bonchev–Trinajstić information content (AvgIpc) is 2.02. The van der Waals surface area contributed by atoms with Crippen molar-refractivity contribution in [2.45, 2.75) is 4.90 Å². The molecule has 0 aliphatic carbocycles. The molecule has 1 heterocycles. The summed E-state index contributed by atoms with van der Waals surface area (Å²) in [7, 11) is -0.455. The number of rotatable bonds is 3. The molecule has 78 valence electrons. The lowest BCUT2D eigenvalue weighted by molar-refractivity contribution is 0.364. The van der Waals surface area contributed by atoms with E-state index in [1.807, 2.05) is 0 Å². The Labute approximate surface area is 82.8 Å². The lowest BCUT2D eigenvalue weighted by Gasteiger charge is -2.12. The van der Waals surface area contributed by atoms with Gasteiger partial charge in [0, 0.05) is 20.3 Å². The molecule has 0 atom stereocenters. The van der Waals surface area contributed by atoms with E-state index in [1.165, 1.54) is 23.3 Å². The molecular formula is C7H12N4O2S. The fourth-order valence-corrected chi connectivity index (χ4v) is 2.08. The van der Waals surface area contributed by atoms with Gasteiger partial charge in [0.25, 0.3) is 10.0 Å². The molecule has 3 N–H and O–H groups in total. The van der Waals surface area contributed by atoms with Gasteiger partial charge in [-0.3, -0.25) is 0 Å². The van der Waals surface area contributed by atoms with Crippen LogP contribution >= 0.6 is 0 Å². The highest BCUT2D eigenvalue weighted by Gasteiger charge is 2.17. The van der Waals surface area contributed by atoms with Crippen LogP contribution in [-0.4, -0.2) is 32.5 Å². The number of sulfonamides is 1. The summed E-state index contributed by atoms with van der Waals surface area (Å²) in [5, 5.41) is 1.32. The summed E-state index contributed by atoms with van der Waals surface area (Å²) < 4.78 is 23.2. The molecule has 0 amide bonds. The number of hydrogen-bond donors (Lipinski definition) is 2. The van der Waals surface area contributed by atoms with Crippen LogP contribution in [0.25, 0.3) is 0 Å². The average molecular weight is 216 g/mol. The SMILES string of the molecule is CN(C)NS(=O)(=O)c1cccnc1N. The highest BCUT2D eigenvalue weighted by molar-refractivity contribution is 7.89. The third kappa shape index (κ3) is 2.41. The molecule has 0 radical (unpaired) electrons. The molecule has 1 rings (SSSR count). The van der Waals surface area contributed by atoms with Crippen molar-refractivity contribution in [1.29, 1.82) is 0 Å². The number of nitrogens with one attached hydrogen (secondary N) is 1. The van der Waals surface area contributed by atoms with E-state index in [1.54, 1.807) is 14.1 Å². The molecule has 6 nitrogen and oxygen atoms in total. The molecule has 0 saturated carbocycles. The quantitative estimate of drug-likeness (QED) is 0.660. The van der Waals surface area contributed by atoms with Crippen LogP contribution in [0.1, 0.15) is 0 Å². The third-order valence-corrected chi connectivity index (χ3v) is 2.92. The van der Waals surface area contributed by atoms with Crippen molar-refractivity contribution >= 4 is 15.8 Å². The summed E-state index contributed by atoms with van der Waals surface area (Å²) in [6.45, 7) is 0. The van der Waals surface area contributed by atoms with Gasteiger partial charge in [0.15, 0.2) is 0 Å². The monoisotopic (exact) mass is 216 g/mol. The molecule has 0 unspecified atom stereocenters. The molecule has 0 saturated heterocycles. The molecule has 1 aromatic heterocycles. The first-order chi connectivity index (χ1) is 6.43. The van der Waals surface area contributed by atoms with Crippen LogP contribution in [0.4, 0.5) is 5.82 Å². The number of nitrogens with zero attached hydrogens (tertiary/aromatic N) is 2. The van der Waals surface area contributed by atoms with Crippen molar-refractivity contribution in [2.75, 3.05) is 19.8 Å². The highest BCUT2D eigenvalue weighted by Crippen LogP contribution is 2.13. The maximum Gasteiger partial charge on any atom is 0.257 e. The zero-order valence-corrected chi connectivity index (χ0v) is 8.75. The van der Waals surface area contributed by atoms with Crippen molar-refractivity contribution in [3.63, 3.8) is 0 Å². The van der Waals surface area contributed by atoms with Crippen LogP contribution in [-0.2, 0) is 10.0 Å². The van der Waals surface area contributed by atoms with Crippen LogP contribution < -0.4 is 10.6 Å². The Hall–Kier alpha value is -1.18. The van der Waals surface area contributed by atoms with Crippen molar-refractivity contribution in [3.8, 4) is 0 Å². The van der Waals surface area contributed by atoms with Gasteiger partial charge in [0.1, 0.15) is 10.7 Å². The van der Waals surface area contributed by atoms with E-state index in [2.05, 4.69) is 9.82 Å². The van der Waals surface area contributed by atoms with Gasteiger partial charge >= 0.3 is 0 Å². The smallest absolute Gasteiger partial charge is 0.257 e. The number of anilines is 1.